The van der Waals surface area contributed by atoms with Gasteiger partial charge in [0.25, 0.3) is 0 Å². The molecule has 4 heteroatoms. The molecule has 0 aromatic carbocycles. The second-order valence-electron chi connectivity index (χ2n) is 3.32. The highest BCUT2D eigenvalue weighted by Crippen LogP contribution is 2.08. The highest BCUT2D eigenvalue weighted by Gasteiger charge is 2.04. The van der Waals surface area contributed by atoms with Gasteiger partial charge in [-0.25, -0.2) is 9.67 Å². The minimum atomic E-state index is 0.804. The average molecular weight is 188 g/mol. The predicted molar refractivity (Wildman–Crippen MR) is 53.4 cm³/mol. The molecule has 0 aliphatic rings. The van der Waals surface area contributed by atoms with Crippen molar-refractivity contribution in [1.82, 2.24) is 19.7 Å². The maximum atomic E-state index is 4.39. The van der Waals surface area contributed by atoms with Crippen LogP contribution in [-0.2, 0) is 0 Å². The molecule has 72 valence electrons. The Morgan fingerprint density at radius 1 is 1.14 bits per heavy atom. The summed E-state index contributed by atoms with van der Waals surface area (Å²) in [5.41, 5.74) is 2.77. The van der Waals surface area contributed by atoms with Gasteiger partial charge in [0.1, 0.15) is 0 Å². The number of nitrogens with zero attached hydrogens (tertiary/aromatic N) is 4. The Kier molecular flexibility index (Phi) is 2.04. The van der Waals surface area contributed by atoms with E-state index in [-0.39, 0.29) is 0 Å². The molecular weight excluding hydrogens is 176 g/mol. The minimum absolute atomic E-state index is 0.804. The van der Waals surface area contributed by atoms with E-state index in [9.17, 15) is 0 Å². The van der Waals surface area contributed by atoms with Crippen LogP contribution < -0.4 is 0 Å². The van der Waals surface area contributed by atoms with Crippen LogP contribution in [0.4, 0.5) is 0 Å². The predicted octanol–water partition coefficient (Wildman–Crippen LogP) is 1.59. The van der Waals surface area contributed by atoms with E-state index >= 15 is 0 Å². The van der Waals surface area contributed by atoms with Crippen LogP contribution in [0.15, 0.2) is 18.5 Å². The third-order valence-corrected chi connectivity index (χ3v) is 1.99. The molecule has 0 N–H and O–H groups in total. The average Bonchev–Trinajstić information content (AvgIpc) is 2.56. The third kappa shape index (κ3) is 1.51. The van der Waals surface area contributed by atoms with Crippen molar-refractivity contribution in [3.8, 4) is 5.82 Å². The molecule has 0 amide bonds. The van der Waals surface area contributed by atoms with Crippen molar-refractivity contribution in [2.24, 2.45) is 0 Å². The molecule has 2 aromatic rings. The lowest BCUT2D eigenvalue weighted by Gasteiger charge is -2.04. The standard InChI is InChI=1S/C10H12N4/c1-7-4-5-14(13-7)10-9(3)11-6-8(2)12-10/h4-6H,1-3H3. The van der Waals surface area contributed by atoms with E-state index in [1.807, 2.05) is 33.0 Å². The Labute approximate surface area is 82.6 Å². The van der Waals surface area contributed by atoms with Gasteiger partial charge in [-0.15, -0.1) is 0 Å². The molecule has 0 fully saturated rings. The van der Waals surface area contributed by atoms with Gasteiger partial charge >= 0.3 is 0 Å². The van der Waals surface area contributed by atoms with E-state index < -0.39 is 0 Å². The first kappa shape index (κ1) is 8.87. The summed E-state index contributed by atoms with van der Waals surface area (Å²) in [6.45, 7) is 5.81. The topological polar surface area (TPSA) is 43.6 Å². The van der Waals surface area contributed by atoms with E-state index in [4.69, 9.17) is 0 Å². The summed E-state index contributed by atoms with van der Waals surface area (Å²) in [6.07, 6.45) is 3.65. The molecule has 0 spiro atoms. The van der Waals surface area contributed by atoms with E-state index in [0.29, 0.717) is 0 Å². The fraction of sp³-hybridized carbons (Fsp3) is 0.300. The number of rotatable bonds is 1. The summed E-state index contributed by atoms with van der Waals surface area (Å²) in [7, 11) is 0. The van der Waals surface area contributed by atoms with Crippen LogP contribution in [0.25, 0.3) is 5.82 Å². The van der Waals surface area contributed by atoms with E-state index in [2.05, 4.69) is 15.1 Å². The van der Waals surface area contributed by atoms with Gasteiger partial charge in [0.15, 0.2) is 5.82 Å². The van der Waals surface area contributed by atoms with Gasteiger partial charge in [-0.2, -0.15) is 5.10 Å². The van der Waals surface area contributed by atoms with E-state index in [0.717, 1.165) is 22.9 Å². The summed E-state index contributed by atoms with van der Waals surface area (Å²) in [5.74, 6) is 0.804. The second-order valence-corrected chi connectivity index (χ2v) is 3.32. The van der Waals surface area contributed by atoms with Crippen LogP contribution in [0, 0.1) is 20.8 Å². The Balaban J connectivity index is 2.55. The SMILES string of the molecule is Cc1cnc(C)c(-n2ccc(C)n2)n1. The maximum Gasteiger partial charge on any atom is 0.175 e. The van der Waals surface area contributed by atoms with Crippen molar-refractivity contribution in [2.75, 3.05) is 0 Å². The fourth-order valence-corrected chi connectivity index (χ4v) is 1.27. The van der Waals surface area contributed by atoms with Gasteiger partial charge < -0.3 is 0 Å². The van der Waals surface area contributed by atoms with Crippen LogP contribution >= 0.6 is 0 Å². The molecule has 4 nitrogen and oxygen atoms in total. The molecule has 0 atom stereocenters. The molecule has 14 heavy (non-hydrogen) atoms. The van der Waals surface area contributed by atoms with Gasteiger partial charge in [-0.1, -0.05) is 0 Å². The lowest BCUT2D eigenvalue weighted by Crippen LogP contribution is -2.04. The van der Waals surface area contributed by atoms with Crippen LogP contribution in [0.3, 0.4) is 0 Å². The van der Waals surface area contributed by atoms with Gasteiger partial charge in [0, 0.05) is 12.4 Å². The van der Waals surface area contributed by atoms with Gasteiger partial charge in [-0.3, -0.25) is 4.98 Å². The number of aromatic nitrogens is 4. The smallest absolute Gasteiger partial charge is 0.175 e. The van der Waals surface area contributed by atoms with E-state index in [1.54, 1.807) is 10.9 Å². The van der Waals surface area contributed by atoms with Crippen LogP contribution in [0.1, 0.15) is 17.1 Å². The minimum Gasteiger partial charge on any atom is -0.256 e. The Morgan fingerprint density at radius 3 is 2.57 bits per heavy atom. The first-order valence-corrected chi connectivity index (χ1v) is 4.50. The molecule has 2 rings (SSSR count). The highest BCUT2D eigenvalue weighted by molar-refractivity contribution is 5.27. The highest BCUT2D eigenvalue weighted by atomic mass is 15.3. The number of aryl methyl sites for hydroxylation is 3. The van der Waals surface area contributed by atoms with Crippen molar-refractivity contribution in [2.45, 2.75) is 20.8 Å². The van der Waals surface area contributed by atoms with E-state index in [1.165, 1.54) is 0 Å². The Hall–Kier alpha value is -1.71. The van der Waals surface area contributed by atoms with Gasteiger partial charge in [-0.05, 0) is 26.8 Å². The lowest BCUT2D eigenvalue weighted by atomic mass is 10.4. The Morgan fingerprint density at radius 2 is 1.93 bits per heavy atom. The fourth-order valence-electron chi connectivity index (χ4n) is 1.27. The van der Waals surface area contributed by atoms with Crippen molar-refractivity contribution < 1.29 is 0 Å². The van der Waals surface area contributed by atoms with Crippen molar-refractivity contribution in [3.63, 3.8) is 0 Å². The van der Waals surface area contributed by atoms with Crippen molar-refractivity contribution in [3.05, 3.63) is 35.5 Å². The number of hydrogen-bond acceptors (Lipinski definition) is 3. The zero-order chi connectivity index (χ0) is 10.1. The largest absolute Gasteiger partial charge is 0.256 e. The zero-order valence-corrected chi connectivity index (χ0v) is 8.52. The van der Waals surface area contributed by atoms with Crippen molar-refractivity contribution in [1.29, 1.82) is 0 Å². The summed E-state index contributed by atoms with van der Waals surface area (Å²) >= 11 is 0. The van der Waals surface area contributed by atoms with Gasteiger partial charge in [0.05, 0.1) is 17.1 Å². The molecule has 0 saturated heterocycles. The maximum absolute atomic E-state index is 4.39. The van der Waals surface area contributed by atoms with Gasteiger partial charge in [0.2, 0.25) is 0 Å². The quantitative estimate of drug-likeness (QED) is 0.682. The molecular formula is C10H12N4. The monoisotopic (exact) mass is 188 g/mol. The first-order chi connectivity index (χ1) is 6.66. The second kappa shape index (κ2) is 3.21. The first-order valence-electron chi connectivity index (χ1n) is 4.50. The molecule has 0 radical (unpaired) electrons. The molecule has 0 saturated carbocycles. The molecule has 2 aromatic heterocycles. The molecule has 0 aliphatic carbocycles. The normalized spacial score (nSPS) is 10.5. The zero-order valence-electron chi connectivity index (χ0n) is 8.52. The Bertz CT molecular complexity index is 459. The summed E-state index contributed by atoms with van der Waals surface area (Å²) in [6, 6.07) is 1.95. The summed E-state index contributed by atoms with van der Waals surface area (Å²) in [5, 5.41) is 4.30. The molecule has 2 heterocycles. The summed E-state index contributed by atoms with van der Waals surface area (Å²) < 4.78 is 1.75. The van der Waals surface area contributed by atoms with Crippen molar-refractivity contribution >= 4 is 0 Å². The summed E-state index contributed by atoms with van der Waals surface area (Å²) in [4.78, 5) is 8.64. The molecule has 0 aliphatic heterocycles. The van der Waals surface area contributed by atoms with Crippen LogP contribution in [0.5, 0.6) is 0 Å². The lowest BCUT2D eigenvalue weighted by molar-refractivity contribution is 0.805. The molecule has 0 unspecified atom stereocenters. The van der Waals surface area contributed by atoms with Crippen LogP contribution in [0.2, 0.25) is 0 Å². The number of hydrogen-bond donors (Lipinski definition) is 0. The molecule has 0 bridgehead atoms. The third-order valence-electron chi connectivity index (χ3n) is 1.99. The van der Waals surface area contributed by atoms with Crippen LogP contribution in [-0.4, -0.2) is 19.7 Å².